The van der Waals surface area contributed by atoms with E-state index in [1.165, 1.54) is 16.6 Å². The second kappa shape index (κ2) is 4.72. The lowest BCUT2D eigenvalue weighted by atomic mass is 10.0. The molecule has 3 rings (SSSR count). The summed E-state index contributed by atoms with van der Waals surface area (Å²) in [4.78, 5) is 3.44. The number of rotatable bonds is 3. The zero-order valence-corrected chi connectivity index (χ0v) is 10.5. The molecule has 0 saturated carbocycles. The van der Waals surface area contributed by atoms with Gasteiger partial charge in [0, 0.05) is 35.1 Å². The molecule has 1 aliphatic rings. The molecule has 0 spiro atoms. The van der Waals surface area contributed by atoms with Crippen LogP contribution in [0.2, 0.25) is 0 Å². The van der Waals surface area contributed by atoms with E-state index in [9.17, 15) is 5.11 Å². The third-order valence-corrected chi connectivity index (χ3v) is 3.54. The van der Waals surface area contributed by atoms with E-state index in [-0.39, 0.29) is 0 Å². The molecule has 0 aliphatic carbocycles. The SMILES string of the molecule is CNCC(O)c1ccc2[nH]c3c(c2c1)COCC3. The van der Waals surface area contributed by atoms with Crippen molar-refractivity contribution in [3.8, 4) is 0 Å². The highest BCUT2D eigenvalue weighted by Crippen LogP contribution is 2.28. The Morgan fingerprint density at radius 2 is 2.39 bits per heavy atom. The van der Waals surface area contributed by atoms with E-state index in [0.29, 0.717) is 13.2 Å². The van der Waals surface area contributed by atoms with Gasteiger partial charge in [-0.05, 0) is 24.7 Å². The van der Waals surface area contributed by atoms with Gasteiger partial charge in [-0.2, -0.15) is 0 Å². The van der Waals surface area contributed by atoms with Crippen molar-refractivity contribution in [3.63, 3.8) is 0 Å². The van der Waals surface area contributed by atoms with E-state index >= 15 is 0 Å². The van der Waals surface area contributed by atoms with Crippen LogP contribution in [0.15, 0.2) is 18.2 Å². The zero-order chi connectivity index (χ0) is 12.5. The van der Waals surface area contributed by atoms with E-state index in [1.807, 2.05) is 19.2 Å². The van der Waals surface area contributed by atoms with E-state index in [2.05, 4.69) is 16.4 Å². The number of fused-ring (bicyclic) bond motifs is 3. The summed E-state index contributed by atoms with van der Waals surface area (Å²) in [6, 6.07) is 6.09. The van der Waals surface area contributed by atoms with Crippen molar-refractivity contribution in [3.05, 3.63) is 35.0 Å². The summed E-state index contributed by atoms with van der Waals surface area (Å²) in [5.74, 6) is 0. The highest BCUT2D eigenvalue weighted by molar-refractivity contribution is 5.85. The summed E-state index contributed by atoms with van der Waals surface area (Å²) < 4.78 is 5.52. The number of benzene rings is 1. The number of hydrogen-bond donors (Lipinski definition) is 3. The minimum absolute atomic E-state index is 0.463. The first kappa shape index (κ1) is 11.7. The van der Waals surface area contributed by atoms with Gasteiger partial charge in [-0.3, -0.25) is 0 Å². The van der Waals surface area contributed by atoms with Crippen molar-refractivity contribution >= 4 is 10.9 Å². The van der Waals surface area contributed by atoms with Gasteiger partial charge in [0.1, 0.15) is 0 Å². The molecule has 0 fully saturated rings. The van der Waals surface area contributed by atoms with Crippen LogP contribution >= 0.6 is 0 Å². The number of likely N-dealkylation sites (N-methyl/N-ethyl adjacent to an activating group) is 1. The molecule has 1 aromatic carbocycles. The van der Waals surface area contributed by atoms with Gasteiger partial charge >= 0.3 is 0 Å². The van der Waals surface area contributed by atoms with Gasteiger partial charge in [0.15, 0.2) is 0 Å². The molecule has 0 saturated heterocycles. The summed E-state index contributed by atoms with van der Waals surface area (Å²) in [7, 11) is 1.84. The minimum atomic E-state index is -0.463. The second-order valence-corrected chi connectivity index (χ2v) is 4.76. The van der Waals surface area contributed by atoms with Gasteiger partial charge in [0.2, 0.25) is 0 Å². The molecule has 1 aliphatic heterocycles. The Balaban J connectivity index is 2.05. The lowest BCUT2D eigenvalue weighted by molar-refractivity contribution is 0.111. The molecule has 0 radical (unpaired) electrons. The van der Waals surface area contributed by atoms with Crippen molar-refractivity contribution in [2.45, 2.75) is 19.1 Å². The molecule has 2 heterocycles. The predicted molar refractivity (Wildman–Crippen MR) is 70.5 cm³/mol. The number of aromatic amines is 1. The molecule has 4 nitrogen and oxygen atoms in total. The van der Waals surface area contributed by atoms with Crippen LogP contribution in [0.3, 0.4) is 0 Å². The Bertz CT molecular complexity index is 562. The maximum absolute atomic E-state index is 10.0. The first-order valence-corrected chi connectivity index (χ1v) is 6.33. The van der Waals surface area contributed by atoms with Crippen molar-refractivity contribution in [2.75, 3.05) is 20.2 Å². The fourth-order valence-electron chi connectivity index (χ4n) is 2.57. The molecule has 18 heavy (non-hydrogen) atoms. The summed E-state index contributed by atoms with van der Waals surface area (Å²) in [5.41, 5.74) is 4.60. The number of hydrogen-bond acceptors (Lipinski definition) is 3. The lowest BCUT2D eigenvalue weighted by Crippen LogP contribution is -2.16. The summed E-state index contributed by atoms with van der Waals surface area (Å²) >= 11 is 0. The van der Waals surface area contributed by atoms with Crippen LogP contribution in [-0.2, 0) is 17.8 Å². The number of ether oxygens (including phenoxy) is 1. The Morgan fingerprint density at radius 1 is 1.50 bits per heavy atom. The van der Waals surface area contributed by atoms with Crippen molar-refractivity contribution in [1.29, 1.82) is 0 Å². The van der Waals surface area contributed by atoms with E-state index in [1.54, 1.807) is 0 Å². The summed E-state index contributed by atoms with van der Waals surface area (Å²) in [6.07, 6.45) is 0.479. The molecule has 3 N–H and O–H groups in total. The molecule has 1 atom stereocenters. The van der Waals surface area contributed by atoms with Gasteiger partial charge in [-0.25, -0.2) is 0 Å². The van der Waals surface area contributed by atoms with E-state index < -0.39 is 6.10 Å². The van der Waals surface area contributed by atoms with Gasteiger partial charge in [0.25, 0.3) is 0 Å². The van der Waals surface area contributed by atoms with Crippen LogP contribution in [0.25, 0.3) is 10.9 Å². The topological polar surface area (TPSA) is 57.3 Å². The lowest BCUT2D eigenvalue weighted by Gasteiger charge is -2.13. The molecular formula is C14H18N2O2. The maximum atomic E-state index is 10.0. The average Bonchev–Trinajstić information content (AvgIpc) is 2.76. The first-order chi connectivity index (χ1) is 8.79. The molecule has 0 bridgehead atoms. The Labute approximate surface area is 106 Å². The molecule has 1 unspecified atom stereocenters. The molecule has 1 aromatic heterocycles. The third kappa shape index (κ3) is 1.92. The van der Waals surface area contributed by atoms with Gasteiger partial charge in [-0.1, -0.05) is 6.07 Å². The number of aliphatic hydroxyl groups is 1. The van der Waals surface area contributed by atoms with E-state index in [0.717, 1.165) is 24.1 Å². The molecule has 96 valence electrons. The second-order valence-electron chi connectivity index (χ2n) is 4.76. The first-order valence-electron chi connectivity index (χ1n) is 6.33. The van der Waals surface area contributed by atoms with Crippen LogP contribution < -0.4 is 5.32 Å². The smallest absolute Gasteiger partial charge is 0.0914 e. The molecular weight excluding hydrogens is 228 g/mol. The van der Waals surface area contributed by atoms with Crippen LogP contribution in [0, 0.1) is 0 Å². The predicted octanol–water partition coefficient (Wildman–Crippen LogP) is 1.49. The monoisotopic (exact) mass is 246 g/mol. The normalized spacial score (nSPS) is 16.8. The van der Waals surface area contributed by atoms with Gasteiger partial charge < -0.3 is 20.1 Å². The van der Waals surface area contributed by atoms with Crippen molar-refractivity contribution in [2.24, 2.45) is 0 Å². The summed E-state index contributed by atoms with van der Waals surface area (Å²) in [5, 5.41) is 14.2. The fourth-order valence-corrected chi connectivity index (χ4v) is 2.57. The maximum Gasteiger partial charge on any atom is 0.0914 e. The van der Waals surface area contributed by atoms with Gasteiger partial charge in [-0.15, -0.1) is 0 Å². The Kier molecular flexibility index (Phi) is 3.07. The summed E-state index contributed by atoms with van der Waals surface area (Å²) in [6.45, 7) is 2.02. The highest BCUT2D eigenvalue weighted by Gasteiger charge is 2.17. The molecule has 2 aromatic rings. The zero-order valence-electron chi connectivity index (χ0n) is 10.5. The van der Waals surface area contributed by atoms with Crippen molar-refractivity contribution < 1.29 is 9.84 Å². The Hall–Kier alpha value is -1.36. The molecule has 0 amide bonds. The number of H-pyrrole nitrogens is 1. The Morgan fingerprint density at radius 3 is 3.22 bits per heavy atom. The number of aliphatic hydroxyl groups excluding tert-OH is 1. The van der Waals surface area contributed by atoms with E-state index in [4.69, 9.17) is 4.74 Å². The molecule has 4 heteroatoms. The standard InChI is InChI=1S/C14H18N2O2/c1-15-7-14(17)9-2-3-12-10(6-9)11-8-18-5-4-13(11)16-12/h2-3,6,14-17H,4-5,7-8H2,1H3. The number of aromatic nitrogens is 1. The largest absolute Gasteiger partial charge is 0.387 e. The quantitative estimate of drug-likeness (QED) is 0.769. The fraction of sp³-hybridized carbons (Fsp3) is 0.429. The third-order valence-electron chi connectivity index (χ3n) is 3.54. The minimum Gasteiger partial charge on any atom is -0.387 e. The van der Waals surface area contributed by atoms with Gasteiger partial charge in [0.05, 0.1) is 19.3 Å². The van der Waals surface area contributed by atoms with Crippen LogP contribution in [0.4, 0.5) is 0 Å². The van der Waals surface area contributed by atoms with Crippen LogP contribution in [0.1, 0.15) is 22.9 Å². The average molecular weight is 246 g/mol. The van der Waals surface area contributed by atoms with Crippen LogP contribution in [-0.4, -0.2) is 30.3 Å². The van der Waals surface area contributed by atoms with Crippen molar-refractivity contribution in [1.82, 2.24) is 10.3 Å². The highest BCUT2D eigenvalue weighted by atomic mass is 16.5. The number of nitrogens with one attached hydrogen (secondary N) is 2. The van der Waals surface area contributed by atoms with Crippen LogP contribution in [0.5, 0.6) is 0 Å².